The van der Waals surface area contributed by atoms with E-state index in [0.717, 1.165) is 0 Å². The summed E-state index contributed by atoms with van der Waals surface area (Å²) in [7, 11) is 0. The molecule has 1 aromatic heterocycles. The molecule has 1 heterocycles. The van der Waals surface area contributed by atoms with E-state index in [-0.39, 0.29) is 12.5 Å². The minimum atomic E-state index is -0.799. The lowest BCUT2D eigenvalue weighted by molar-refractivity contribution is -0.122. The largest absolute Gasteiger partial charge is 0.480 e. The van der Waals surface area contributed by atoms with Crippen molar-refractivity contribution < 1.29 is 18.7 Å². The van der Waals surface area contributed by atoms with Gasteiger partial charge in [0, 0.05) is 5.02 Å². The number of halogens is 2. The first-order valence-electron chi connectivity index (χ1n) is 8.76. The standard InChI is InChI=1S/C21H18BrClN2O4/c1-13(29-19-9-8-14(23)11-17(19)22)20(26)25-18-7-3-2-6-16(18)21(27)24-12-15-5-4-10-28-15/h2-11,13H,12H2,1H3,(H,24,27)(H,25,26)/t13-/m0/s1. The molecule has 1 atom stereocenters. The number of amides is 2. The molecule has 0 spiro atoms. The molecule has 2 N–H and O–H groups in total. The Balaban J connectivity index is 1.66. The Morgan fingerprint density at radius 3 is 2.69 bits per heavy atom. The van der Waals surface area contributed by atoms with E-state index in [1.54, 1.807) is 61.5 Å². The molecule has 8 heteroatoms. The van der Waals surface area contributed by atoms with Crippen LogP contribution in [-0.2, 0) is 11.3 Å². The van der Waals surface area contributed by atoms with Crippen molar-refractivity contribution in [3.63, 3.8) is 0 Å². The zero-order chi connectivity index (χ0) is 20.8. The average Bonchev–Trinajstić information content (AvgIpc) is 3.22. The highest BCUT2D eigenvalue weighted by Gasteiger charge is 2.19. The Hall–Kier alpha value is -2.77. The van der Waals surface area contributed by atoms with E-state index in [2.05, 4.69) is 26.6 Å². The van der Waals surface area contributed by atoms with Gasteiger partial charge in [0.2, 0.25) is 0 Å². The predicted molar refractivity (Wildman–Crippen MR) is 114 cm³/mol. The summed E-state index contributed by atoms with van der Waals surface area (Å²) in [6.07, 6.45) is 0.738. The van der Waals surface area contributed by atoms with E-state index in [0.29, 0.717) is 32.3 Å². The van der Waals surface area contributed by atoms with Crippen LogP contribution in [0.5, 0.6) is 5.75 Å². The van der Waals surface area contributed by atoms with E-state index in [4.69, 9.17) is 20.8 Å². The fraction of sp³-hybridized carbons (Fsp3) is 0.143. The summed E-state index contributed by atoms with van der Waals surface area (Å²) >= 11 is 9.27. The van der Waals surface area contributed by atoms with Crippen molar-refractivity contribution in [2.45, 2.75) is 19.6 Å². The number of nitrogens with one attached hydrogen (secondary N) is 2. The summed E-state index contributed by atoms with van der Waals surface area (Å²) in [5.74, 6) is 0.404. The number of anilines is 1. The Morgan fingerprint density at radius 1 is 1.17 bits per heavy atom. The molecule has 0 radical (unpaired) electrons. The highest BCUT2D eigenvalue weighted by atomic mass is 79.9. The van der Waals surface area contributed by atoms with Crippen molar-refractivity contribution in [1.82, 2.24) is 5.32 Å². The zero-order valence-electron chi connectivity index (χ0n) is 15.4. The van der Waals surface area contributed by atoms with Gasteiger partial charge in [-0.05, 0) is 65.3 Å². The fourth-order valence-electron chi connectivity index (χ4n) is 2.52. The molecule has 0 aliphatic rings. The highest BCUT2D eigenvalue weighted by Crippen LogP contribution is 2.29. The van der Waals surface area contributed by atoms with Gasteiger partial charge in [-0.25, -0.2) is 0 Å². The molecular weight excluding hydrogens is 460 g/mol. The van der Waals surface area contributed by atoms with Gasteiger partial charge >= 0.3 is 0 Å². The fourth-order valence-corrected chi connectivity index (χ4v) is 3.29. The summed E-state index contributed by atoms with van der Waals surface area (Å²) < 4.78 is 11.5. The zero-order valence-corrected chi connectivity index (χ0v) is 17.8. The third-order valence-electron chi connectivity index (χ3n) is 4.00. The number of carbonyl (C=O) groups is 2. The van der Waals surface area contributed by atoms with E-state index in [9.17, 15) is 9.59 Å². The van der Waals surface area contributed by atoms with Gasteiger partial charge in [0.15, 0.2) is 6.10 Å². The molecule has 0 aliphatic heterocycles. The van der Waals surface area contributed by atoms with Crippen LogP contribution in [0.1, 0.15) is 23.0 Å². The van der Waals surface area contributed by atoms with Crippen LogP contribution < -0.4 is 15.4 Å². The van der Waals surface area contributed by atoms with E-state index in [1.807, 2.05) is 0 Å². The van der Waals surface area contributed by atoms with Crippen LogP contribution in [0.4, 0.5) is 5.69 Å². The van der Waals surface area contributed by atoms with Gasteiger partial charge in [0.25, 0.3) is 11.8 Å². The van der Waals surface area contributed by atoms with Gasteiger partial charge in [0.05, 0.1) is 28.5 Å². The molecule has 6 nitrogen and oxygen atoms in total. The summed E-state index contributed by atoms with van der Waals surface area (Å²) in [6, 6.07) is 15.3. The minimum absolute atomic E-state index is 0.248. The molecular formula is C21H18BrClN2O4. The van der Waals surface area contributed by atoms with Crippen LogP contribution in [-0.4, -0.2) is 17.9 Å². The number of hydrogen-bond donors (Lipinski definition) is 2. The summed E-state index contributed by atoms with van der Waals surface area (Å²) in [5, 5.41) is 6.06. The number of hydrogen-bond acceptors (Lipinski definition) is 4. The van der Waals surface area contributed by atoms with Crippen molar-refractivity contribution in [3.8, 4) is 5.75 Å². The van der Waals surface area contributed by atoms with Crippen molar-refractivity contribution in [1.29, 1.82) is 0 Å². The smallest absolute Gasteiger partial charge is 0.265 e. The molecule has 0 bridgehead atoms. The number of carbonyl (C=O) groups excluding carboxylic acids is 2. The minimum Gasteiger partial charge on any atom is -0.480 e. The lowest BCUT2D eigenvalue weighted by atomic mass is 10.1. The van der Waals surface area contributed by atoms with Crippen LogP contribution in [0.3, 0.4) is 0 Å². The van der Waals surface area contributed by atoms with Gasteiger partial charge < -0.3 is 19.8 Å². The van der Waals surface area contributed by atoms with Gasteiger partial charge in [0.1, 0.15) is 11.5 Å². The van der Waals surface area contributed by atoms with E-state index in [1.165, 1.54) is 6.26 Å². The van der Waals surface area contributed by atoms with Gasteiger partial charge in [-0.1, -0.05) is 23.7 Å². The van der Waals surface area contributed by atoms with E-state index < -0.39 is 12.0 Å². The molecule has 0 aliphatic carbocycles. The monoisotopic (exact) mass is 476 g/mol. The van der Waals surface area contributed by atoms with E-state index >= 15 is 0 Å². The Morgan fingerprint density at radius 2 is 1.97 bits per heavy atom. The Kier molecular flexibility index (Phi) is 6.95. The first-order valence-corrected chi connectivity index (χ1v) is 9.93. The van der Waals surface area contributed by atoms with Crippen molar-refractivity contribution in [2.75, 3.05) is 5.32 Å². The van der Waals surface area contributed by atoms with Crippen LogP contribution in [0.2, 0.25) is 5.02 Å². The van der Waals surface area contributed by atoms with Gasteiger partial charge in [-0.3, -0.25) is 9.59 Å². The summed E-state index contributed by atoms with van der Waals surface area (Å²) in [6.45, 7) is 1.87. The van der Waals surface area contributed by atoms with Crippen molar-refractivity contribution in [2.24, 2.45) is 0 Å². The van der Waals surface area contributed by atoms with Crippen LogP contribution in [0, 0.1) is 0 Å². The molecule has 3 aromatic rings. The number of ether oxygens (including phenoxy) is 1. The lowest BCUT2D eigenvalue weighted by Gasteiger charge is -2.17. The van der Waals surface area contributed by atoms with Gasteiger partial charge in [-0.15, -0.1) is 0 Å². The molecule has 0 saturated heterocycles. The topological polar surface area (TPSA) is 80.6 Å². The number of benzene rings is 2. The maximum Gasteiger partial charge on any atom is 0.265 e. The molecule has 0 fully saturated rings. The molecule has 0 unspecified atom stereocenters. The lowest BCUT2D eigenvalue weighted by Crippen LogP contribution is -2.31. The first kappa shape index (κ1) is 21.0. The Labute approximate surface area is 181 Å². The predicted octanol–water partition coefficient (Wildman–Crippen LogP) is 5.03. The number of para-hydroxylation sites is 1. The van der Waals surface area contributed by atoms with Crippen molar-refractivity contribution >= 4 is 45.0 Å². The normalized spacial score (nSPS) is 11.6. The third-order valence-corrected chi connectivity index (χ3v) is 4.85. The maximum absolute atomic E-state index is 12.6. The second-order valence-electron chi connectivity index (χ2n) is 6.13. The van der Waals surface area contributed by atoms with Gasteiger partial charge in [-0.2, -0.15) is 0 Å². The van der Waals surface area contributed by atoms with Crippen LogP contribution in [0.15, 0.2) is 69.8 Å². The summed E-state index contributed by atoms with van der Waals surface area (Å²) in [4.78, 5) is 25.1. The molecule has 29 heavy (non-hydrogen) atoms. The quantitative estimate of drug-likeness (QED) is 0.500. The molecule has 2 aromatic carbocycles. The van der Waals surface area contributed by atoms with Crippen LogP contribution >= 0.6 is 27.5 Å². The third kappa shape index (κ3) is 5.62. The van der Waals surface area contributed by atoms with Crippen molar-refractivity contribution in [3.05, 3.63) is 81.7 Å². The number of furan rings is 1. The SMILES string of the molecule is C[C@H](Oc1ccc(Cl)cc1Br)C(=O)Nc1ccccc1C(=O)NCc1ccco1. The first-order chi connectivity index (χ1) is 13.9. The second-order valence-corrected chi connectivity index (χ2v) is 7.42. The highest BCUT2D eigenvalue weighted by molar-refractivity contribution is 9.10. The van der Waals surface area contributed by atoms with Crippen LogP contribution in [0.25, 0.3) is 0 Å². The summed E-state index contributed by atoms with van der Waals surface area (Å²) in [5.41, 5.74) is 0.729. The average molecular weight is 478 g/mol. The molecule has 3 rings (SSSR count). The number of rotatable bonds is 7. The molecule has 150 valence electrons. The Bertz CT molecular complexity index is 1010. The molecule has 2 amide bonds. The maximum atomic E-state index is 12.6. The second kappa shape index (κ2) is 9.62. The molecule has 0 saturated carbocycles.